The molecule has 1 aliphatic rings. The Morgan fingerprint density at radius 3 is 2.67 bits per heavy atom. The third-order valence-corrected chi connectivity index (χ3v) is 2.77. The number of piperidine rings is 1. The van der Waals surface area contributed by atoms with Gasteiger partial charge in [0.1, 0.15) is 0 Å². The van der Waals surface area contributed by atoms with E-state index in [1.165, 1.54) is 0 Å². The SMILES string of the molecule is C[C@H]1CN(c2ncccn2)CCC1(F)F. The highest BCUT2D eigenvalue weighted by Crippen LogP contribution is 2.33. The molecule has 5 heteroatoms. The van der Waals surface area contributed by atoms with Gasteiger partial charge in [-0.05, 0) is 6.07 Å². The van der Waals surface area contributed by atoms with Gasteiger partial charge in [0.25, 0.3) is 5.92 Å². The van der Waals surface area contributed by atoms with Crippen molar-refractivity contribution in [1.29, 1.82) is 0 Å². The maximum atomic E-state index is 13.2. The van der Waals surface area contributed by atoms with Crippen LogP contribution in [-0.4, -0.2) is 29.0 Å². The summed E-state index contributed by atoms with van der Waals surface area (Å²) in [7, 11) is 0. The summed E-state index contributed by atoms with van der Waals surface area (Å²) in [4.78, 5) is 9.92. The molecule has 1 saturated heterocycles. The van der Waals surface area contributed by atoms with E-state index in [-0.39, 0.29) is 6.42 Å². The molecule has 2 heterocycles. The van der Waals surface area contributed by atoms with Crippen LogP contribution in [0.2, 0.25) is 0 Å². The Bertz CT molecular complexity index is 329. The molecule has 0 spiro atoms. The minimum Gasteiger partial charge on any atom is -0.340 e. The predicted octanol–water partition coefficient (Wildman–Crippen LogP) is 1.96. The van der Waals surface area contributed by atoms with Crippen LogP contribution in [0.15, 0.2) is 18.5 Å². The molecule has 0 aliphatic carbocycles. The first-order valence-corrected chi connectivity index (χ1v) is 4.99. The molecular weight excluding hydrogens is 200 g/mol. The maximum absolute atomic E-state index is 13.2. The van der Waals surface area contributed by atoms with Gasteiger partial charge < -0.3 is 4.90 Å². The lowest BCUT2D eigenvalue weighted by Gasteiger charge is -2.36. The van der Waals surface area contributed by atoms with E-state index in [4.69, 9.17) is 0 Å². The van der Waals surface area contributed by atoms with Crippen molar-refractivity contribution < 1.29 is 8.78 Å². The predicted molar refractivity (Wildman–Crippen MR) is 53.0 cm³/mol. The number of hydrogen-bond acceptors (Lipinski definition) is 3. The zero-order chi connectivity index (χ0) is 10.9. The Kier molecular flexibility index (Phi) is 2.54. The Morgan fingerprint density at radius 2 is 2.07 bits per heavy atom. The van der Waals surface area contributed by atoms with Gasteiger partial charge in [-0.15, -0.1) is 0 Å². The molecule has 0 bridgehead atoms. The average molecular weight is 213 g/mol. The van der Waals surface area contributed by atoms with Crippen molar-refractivity contribution in [2.24, 2.45) is 5.92 Å². The molecule has 1 aromatic rings. The summed E-state index contributed by atoms with van der Waals surface area (Å²) >= 11 is 0. The molecule has 0 N–H and O–H groups in total. The van der Waals surface area contributed by atoms with Gasteiger partial charge >= 0.3 is 0 Å². The van der Waals surface area contributed by atoms with E-state index in [9.17, 15) is 8.78 Å². The van der Waals surface area contributed by atoms with Crippen molar-refractivity contribution in [3.63, 3.8) is 0 Å². The van der Waals surface area contributed by atoms with Crippen LogP contribution < -0.4 is 4.90 Å². The summed E-state index contributed by atoms with van der Waals surface area (Å²) in [6, 6.07) is 1.71. The number of halogens is 2. The fourth-order valence-corrected chi connectivity index (χ4v) is 1.72. The second-order valence-electron chi connectivity index (χ2n) is 3.91. The van der Waals surface area contributed by atoms with E-state index in [0.29, 0.717) is 19.0 Å². The van der Waals surface area contributed by atoms with Crippen molar-refractivity contribution in [3.8, 4) is 0 Å². The van der Waals surface area contributed by atoms with Crippen molar-refractivity contribution >= 4 is 5.95 Å². The van der Waals surface area contributed by atoms with Gasteiger partial charge in [-0.3, -0.25) is 0 Å². The minimum atomic E-state index is -2.55. The van der Waals surface area contributed by atoms with Crippen LogP contribution in [0.3, 0.4) is 0 Å². The fourth-order valence-electron chi connectivity index (χ4n) is 1.72. The van der Waals surface area contributed by atoms with Crippen LogP contribution in [0.5, 0.6) is 0 Å². The van der Waals surface area contributed by atoms with Crippen molar-refractivity contribution in [3.05, 3.63) is 18.5 Å². The molecule has 0 unspecified atom stereocenters. The Morgan fingerprint density at radius 1 is 1.40 bits per heavy atom. The number of hydrogen-bond donors (Lipinski definition) is 0. The van der Waals surface area contributed by atoms with Crippen LogP contribution in [0.25, 0.3) is 0 Å². The number of nitrogens with zero attached hydrogens (tertiary/aromatic N) is 3. The van der Waals surface area contributed by atoms with E-state index >= 15 is 0 Å². The molecule has 0 saturated carbocycles. The van der Waals surface area contributed by atoms with Crippen molar-refractivity contribution in [1.82, 2.24) is 9.97 Å². The second-order valence-corrected chi connectivity index (χ2v) is 3.91. The number of alkyl halides is 2. The highest BCUT2D eigenvalue weighted by atomic mass is 19.3. The third kappa shape index (κ3) is 2.06. The lowest BCUT2D eigenvalue weighted by Crippen LogP contribution is -2.46. The first kappa shape index (κ1) is 10.3. The van der Waals surface area contributed by atoms with E-state index in [1.807, 2.05) is 4.90 Å². The Labute approximate surface area is 87.1 Å². The normalized spacial score (nSPS) is 25.3. The van der Waals surface area contributed by atoms with E-state index in [0.717, 1.165) is 0 Å². The molecule has 2 rings (SSSR count). The van der Waals surface area contributed by atoms with Crippen LogP contribution >= 0.6 is 0 Å². The summed E-state index contributed by atoms with van der Waals surface area (Å²) in [6.07, 6.45) is 3.13. The van der Waals surface area contributed by atoms with Crippen LogP contribution in [0.4, 0.5) is 14.7 Å². The summed E-state index contributed by atoms with van der Waals surface area (Å²) in [6.45, 7) is 2.20. The molecule has 0 amide bonds. The lowest BCUT2D eigenvalue weighted by atomic mass is 9.96. The Balaban J connectivity index is 2.10. The highest BCUT2D eigenvalue weighted by Gasteiger charge is 2.41. The fraction of sp³-hybridized carbons (Fsp3) is 0.600. The molecule has 15 heavy (non-hydrogen) atoms. The van der Waals surface area contributed by atoms with Gasteiger partial charge in [-0.25, -0.2) is 18.7 Å². The lowest BCUT2D eigenvalue weighted by molar-refractivity contribution is -0.0653. The minimum absolute atomic E-state index is 0.119. The van der Waals surface area contributed by atoms with Crippen LogP contribution in [0.1, 0.15) is 13.3 Å². The molecule has 0 aromatic carbocycles. The van der Waals surface area contributed by atoms with Gasteiger partial charge in [0, 0.05) is 37.8 Å². The first-order valence-electron chi connectivity index (χ1n) is 4.99. The molecule has 1 aromatic heterocycles. The molecule has 3 nitrogen and oxygen atoms in total. The summed E-state index contributed by atoms with van der Waals surface area (Å²) in [5.74, 6) is -2.65. The molecule has 0 radical (unpaired) electrons. The summed E-state index contributed by atoms with van der Waals surface area (Å²) in [5.41, 5.74) is 0. The second kappa shape index (κ2) is 3.72. The van der Waals surface area contributed by atoms with Gasteiger partial charge in [0.2, 0.25) is 5.95 Å². The van der Waals surface area contributed by atoms with E-state index < -0.39 is 11.8 Å². The zero-order valence-electron chi connectivity index (χ0n) is 8.53. The summed E-state index contributed by atoms with van der Waals surface area (Å²) in [5, 5.41) is 0. The van der Waals surface area contributed by atoms with Crippen molar-refractivity contribution in [2.45, 2.75) is 19.3 Å². The molecular formula is C10H13F2N3. The molecule has 1 atom stereocenters. The van der Waals surface area contributed by atoms with Gasteiger partial charge in [0.15, 0.2) is 0 Å². The zero-order valence-corrected chi connectivity index (χ0v) is 8.53. The summed E-state index contributed by atoms with van der Waals surface area (Å²) < 4.78 is 26.4. The van der Waals surface area contributed by atoms with Crippen molar-refractivity contribution in [2.75, 3.05) is 18.0 Å². The van der Waals surface area contributed by atoms with Gasteiger partial charge in [-0.1, -0.05) is 6.92 Å². The van der Waals surface area contributed by atoms with E-state index in [1.54, 1.807) is 25.4 Å². The highest BCUT2D eigenvalue weighted by molar-refractivity contribution is 5.29. The molecule has 1 aliphatic heterocycles. The largest absolute Gasteiger partial charge is 0.340 e. The smallest absolute Gasteiger partial charge is 0.254 e. The van der Waals surface area contributed by atoms with Crippen LogP contribution in [-0.2, 0) is 0 Å². The quantitative estimate of drug-likeness (QED) is 0.714. The Hall–Kier alpha value is -1.26. The molecule has 1 fully saturated rings. The maximum Gasteiger partial charge on any atom is 0.254 e. The first-order chi connectivity index (χ1) is 7.09. The standard InChI is InChI=1S/C10H13F2N3/c1-8-7-15(6-3-10(8,11)12)9-13-4-2-5-14-9/h2,4-5,8H,3,6-7H2,1H3/t8-/m0/s1. The molecule has 82 valence electrons. The number of rotatable bonds is 1. The van der Waals surface area contributed by atoms with Crippen LogP contribution in [0, 0.1) is 5.92 Å². The monoisotopic (exact) mass is 213 g/mol. The van der Waals surface area contributed by atoms with Gasteiger partial charge in [0.05, 0.1) is 0 Å². The third-order valence-electron chi connectivity index (χ3n) is 2.77. The number of aromatic nitrogens is 2. The van der Waals surface area contributed by atoms with E-state index in [2.05, 4.69) is 9.97 Å². The average Bonchev–Trinajstić information content (AvgIpc) is 2.23. The number of anilines is 1. The topological polar surface area (TPSA) is 29.0 Å². The van der Waals surface area contributed by atoms with Gasteiger partial charge in [-0.2, -0.15) is 0 Å².